The van der Waals surface area contributed by atoms with Crippen LogP contribution < -0.4 is 4.90 Å². The maximum Gasteiger partial charge on any atom is 0.323 e. The van der Waals surface area contributed by atoms with E-state index in [0.29, 0.717) is 6.42 Å². The Labute approximate surface area is 141 Å². The first-order chi connectivity index (χ1) is 11.4. The molecule has 0 aliphatic carbocycles. The highest BCUT2D eigenvalue weighted by Gasteiger charge is 2.21. The number of nitrogens with zero attached hydrogens (tertiary/aromatic N) is 2. The van der Waals surface area contributed by atoms with Crippen molar-refractivity contribution in [2.75, 3.05) is 18.0 Å². The Morgan fingerprint density at radius 3 is 2.46 bits per heavy atom. The molecule has 1 N–H and O–H groups in total. The third kappa shape index (κ3) is 4.44. The van der Waals surface area contributed by atoms with E-state index in [2.05, 4.69) is 0 Å². The SMILES string of the molecule is CC(C)N(CC(=O)O)C(=O)C=Cc1ccc(N2CCCC2=O)cc1. The summed E-state index contributed by atoms with van der Waals surface area (Å²) in [7, 11) is 0. The quantitative estimate of drug-likeness (QED) is 0.811. The average Bonchev–Trinajstić information content (AvgIpc) is 2.96. The Balaban J connectivity index is 2.04. The maximum absolute atomic E-state index is 12.1. The van der Waals surface area contributed by atoms with E-state index >= 15 is 0 Å². The lowest BCUT2D eigenvalue weighted by Crippen LogP contribution is -2.39. The number of carboxylic acids is 1. The van der Waals surface area contributed by atoms with Gasteiger partial charge in [0, 0.05) is 30.8 Å². The van der Waals surface area contributed by atoms with Crippen molar-refractivity contribution < 1.29 is 19.5 Å². The van der Waals surface area contributed by atoms with Crippen LogP contribution in [0.4, 0.5) is 5.69 Å². The van der Waals surface area contributed by atoms with Gasteiger partial charge in [0.2, 0.25) is 11.8 Å². The van der Waals surface area contributed by atoms with E-state index < -0.39 is 5.97 Å². The lowest BCUT2D eigenvalue weighted by Gasteiger charge is -2.23. The van der Waals surface area contributed by atoms with Crippen LogP contribution in [-0.2, 0) is 14.4 Å². The first kappa shape index (κ1) is 17.7. The molecule has 1 aromatic carbocycles. The number of carboxylic acid groups (broad SMARTS) is 1. The molecule has 2 rings (SSSR count). The van der Waals surface area contributed by atoms with Crippen molar-refractivity contribution in [2.45, 2.75) is 32.7 Å². The molecule has 128 valence electrons. The number of carbonyl (C=O) groups is 3. The molecule has 0 atom stereocenters. The number of carbonyl (C=O) groups excluding carboxylic acids is 2. The fourth-order valence-electron chi connectivity index (χ4n) is 2.61. The molecule has 0 unspecified atom stereocenters. The average molecular weight is 330 g/mol. The lowest BCUT2D eigenvalue weighted by atomic mass is 10.1. The highest BCUT2D eigenvalue weighted by Crippen LogP contribution is 2.21. The van der Waals surface area contributed by atoms with E-state index in [4.69, 9.17) is 5.11 Å². The second-order valence-electron chi connectivity index (χ2n) is 6.03. The summed E-state index contributed by atoms with van der Waals surface area (Å²) in [6.45, 7) is 3.97. The van der Waals surface area contributed by atoms with E-state index in [-0.39, 0.29) is 24.4 Å². The van der Waals surface area contributed by atoms with Crippen molar-refractivity contribution in [3.63, 3.8) is 0 Å². The summed E-state index contributed by atoms with van der Waals surface area (Å²) in [6.07, 6.45) is 4.49. The molecule has 6 heteroatoms. The van der Waals surface area contributed by atoms with E-state index in [1.165, 1.54) is 11.0 Å². The molecule has 1 aliphatic heterocycles. The van der Waals surface area contributed by atoms with Crippen molar-refractivity contribution in [2.24, 2.45) is 0 Å². The summed E-state index contributed by atoms with van der Waals surface area (Å²) in [5.41, 5.74) is 1.67. The van der Waals surface area contributed by atoms with Gasteiger partial charge in [-0.25, -0.2) is 0 Å². The largest absolute Gasteiger partial charge is 0.480 e. The van der Waals surface area contributed by atoms with E-state index in [1.54, 1.807) is 24.8 Å². The van der Waals surface area contributed by atoms with Crippen LogP contribution in [0.2, 0.25) is 0 Å². The maximum atomic E-state index is 12.1. The van der Waals surface area contributed by atoms with Gasteiger partial charge in [0.1, 0.15) is 6.54 Å². The second kappa shape index (κ2) is 7.77. The fraction of sp³-hybridized carbons (Fsp3) is 0.389. The van der Waals surface area contributed by atoms with E-state index in [0.717, 1.165) is 24.2 Å². The van der Waals surface area contributed by atoms with Crippen LogP contribution in [0.15, 0.2) is 30.3 Å². The Morgan fingerprint density at radius 1 is 1.29 bits per heavy atom. The summed E-state index contributed by atoms with van der Waals surface area (Å²) in [5, 5.41) is 8.87. The van der Waals surface area contributed by atoms with Gasteiger partial charge in [-0.05, 0) is 44.0 Å². The molecule has 0 spiro atoms. The monoisotopic (exact) mass is 330 g/mol. The van der Waals surface area contributed by atoms with Gasteiger partial charge >= 0.3 is 5.97 Å². The van der Waals surface area contributed by atoms with Gasteiger partial charge in [0.15, 0.2) is 0 Å². The summed E-state index contributed by atoms with van der Waals surface area (Å²) in [6, 6.07) is 7.18. The number of hydrogen-bond acceptors (Lipinski definition) is 3. The Bertz CT molecular complexity index is 649. The number of benzene rings is 1. The lowest BCUT2D eigenvalue weighted by molar-refractivity contribution is -0.143. The number of hydrogen-bond donors (Lipinski definition) is 1. The van der Waals surface area contributed by atoms with E-state index in [9.17, 15) is 14.4 Å². The Kier molecular flexibility index (Phi) is 5.73. The van der Waals surface area contributed by atoms with E-state index in [1.807, 2.05) is 24.3 Å². The fourth-order valence-corrected chi connectivity index (χ4v) is 2.61. The first-order valence-corrected chi connectivity index (χ1v) is 7.99. The highest BCUT2D eigenvalue weighted by atomic mass is 16.4. The number of anilines is 1. The Morgan fingerprint density at radius 2 is 1.96 bits per heavy atom. The van der Waals surface area contributed by atoms with Crippen LogP contribution in [0, 0.1) is 0 Å². The minimum absolute atomic E-state index is 0.134. The van der Waals surface area contributed by atoms with Crippen molar-refractivity contribution in [1.82, 2.24) is 4.90 Å². The van der Waals surface area contributed by atoms with Gasteiger partial charge in [-0.1, -0.05) is 12.1 Å². The predicted molar refractivity (Wildman–Crippen MR) is 91.5 cm³/mol. The minimum Gasteiger partial charge on any atom is -0.480 e. The van der Waals surface area contributed by atoms with Gasteiger partial charge in [0.25, 0.3) is 0 Å². The van der Waals surface area contributed by atoms with Crippen molar-refractivity contribution in [3.8, 4) is 0 Å². The van der Waals surface area contributed by atoms with Gasteiger partial charge in [-0.3, -0.25) is 14.4 Å². The van der Waals surface area contributed by atoms with Crippen molar-refractivity contribution >= 4 is 29.5 Å². The molecular weight excluding hydrogens is 308 g/mol. The van der Waals surface area contributed by atoms with Crippen molar-refractivity contribution in [3.05, 3.63) is 35.9 Å². The number of amides is 2. The molecule has 2 amide bonds. The zero-order valence-electron chi connectivity index (χ0n) is 13.9. The summed E-state index contributed by atoms with van der Waals surface area (Å²) < 4.78 is 0. The third-order valence-corrected chi connectivity index (χ3v) is 3.91. The van der Waals surface area contributed by atoms with Gasteiger partial charge in [0.05, 0.1) is 0 Å². The highest BCUT2D eigenvalue weighted by molar-refractivity contribution is 5.96. The van der Waals surface area contributed by atoms with Crippen LogP contribution in [-0.4, -0.2) is 46.9 Å². The summed E-state index contributed by atoms with van der Waals surface area (Å²) in [4.78, 5) is 37.7. The number of rotatable bonds is 6. The smallest absolute Gasteiger partial charge is 0.323 e. The zero-order chi connectivity index (χ0) is 17.7. The third-order valence-electron chi connectivity index (χ3n) is 3.91. The summed E-state index contributed by atoms with van der Waals surface area (Å²) in [5.74, 6) is -1.24. The molecule has 0 bridgehead atoms. The molecule has 0 saturated carbocycles. The van der Waals surface area contributed by atoms with Crippen molar-refractivity contribution in [1.29, 1.82) is 0 Å². The molecular formula is C18H22N2O4. The molecule has 1 aliphatic rings. The van der Waals surface area contributed by atoms with Gasteiger partial charge in [-0.15, -0.1) is 0 Å². The topological polar surface area (TPSA) is 77.9 Å². The number of aliphatic carboxylic acids is 1. The second-order valence-corrected chi connectivity index (χ2v) is 6.03. The van der Waals surface area contributed by atoms with Gasteiger partial charge in [-0.2, -0.15) is 0 Å². The molecule has 1 heterocycles. The van der Waals surface area contributed by atoms with Crippen LogP contribution in [0.3, 0.4) is 0 Å². The first-order valence-electron chi connectivity index (χ1n) is 7.99. The molecule has 6 nitrogen and oxygen atoms in total. The molecule has 0 radical (unpaired) electrons. The molecule has 1 aromatic rings. The van der Waals surface area contributed by atoms with Crippen LogP contribution in [0.5, 0.6) is 0 Å². The molecule has 1 fully saturated rings. The zero-order valence-corrected chi connectivity index (χ0v) is 13.9. The minimum atomic E-state index is -1.04. The molecule has 24 heavy (non-hydrogen) atoms. The van der Waals surface area contributed by atoms with Crippen LogP contribution in [0.1, 0.15) is 32.3 Å². The normalized spacial score (nSPS) is 14.6. The van der Waals surface area contributed by atoms with Gasteiger partial charge < -0.3 is 14.9 Å². The molecule has 1 saturated heterocycles. The van der Waals surface area contributed by atoms with Crippen LogP contribution in [0.25, 0.3) is 6.08 Å². The van der Waals surface area contributed by atoms with Crippen LogP contribution >= 0.6 is 0 Å². The Hall–Kier alpha value is -2.63. The molecule has 0 aromatic heterocycles. The standard InChI is InChI=1S/C18H22N2O4/c1-13(2)20(12-18(23)24)17(22)10-7-14-5-8-15(9-6-14)19-11-3-4-16(19)21/h5-10,13H,3-4,11-12H2,1-2H3,(H,23,24). The predicted octanol–water partition coefficient (Wildman–Crippen LogP) is 2.15. The summed E-state index contributed by atoms with van der Waals surface area (Å²) >= 11 is 0.